The molecule has 23 heavy (non-hydrogen) atoms. The lowest BCUT2D eigenvalue weighted by Gasteiger charge is -2.11. The number of nitrogens with one attached hydrogen (secondary N) is 1. The van der Waals surface area contributed by atoms with Crippen molar-refractivity contribution in [3.63, 3.8) is 0 Å². The molecule has 0 heterocycles. The van der Waals surface area contributed by atoms with Crippen molar-refractivity contribution >= 4 is 0 Å². The molecule has 1 atom stereocenters. The Labute approximate surface area is 144 Å². The highest BCUT2D eigenvalue weighted by Crippen LogP contribution is 2.11. The van der Waals surface area contributed by atoms with Gasteiger partial charge in [-0.1, -0.05) is 77.6 Å². The van der Waals surface area contributed by atoms with Crippen molar-refractivity contribution in [1.82, 2.24) is 5.32 Å². The predicted octanol–water partition coefficient (Wildman–Crippen LogP) is 3.65. The van der Waals surface area contributed by atoms with Gasteiger partial charge in [0.15, 0.2) is 0 Å². The van der Waals surface area contributed by atoms with Gasteiger partial charge < -0.3 is 20.3 Å². The molecule has 1 unspecified atom stereocenters. The molecule has 0 aromatic heterocycles. The fourth-order valence-corrected chi connectivity index (χ4v) is 2.67. The van der Waals surface area contributed by atoms with Gasteiger partial charge in [0.1, 0.15) is 0 Å². The molecule has 140 valence electrons. The van der Waals surface area contributed by atoms with Gasteiger partial charge in [-0.2, -0.15) is 0 Å². The molecule has 0 rings (SSSR count). The monoisotopic (exact) mass is 331 g/mol. The lowest BCUT2D eigenvalue weighted by atomic mass is 10.1. The van der Waals surface area contributed by atoms with Crippen LogP contribution in [0.1, 0.15) is 84.0 Å². The first kappa shape index (κ1) is 22.8. The summed E-state index contributed by atoms with van der Waals surface area (Å²) in [5.41, 5.74) is 0. The minimum absolute atomic E-state index is 0.104. The summed E-state index contributed by atoms with van der Waals surface area (Å²) in [4.78, 5) is 0. The summed E-state index contributed by atoms with van der Waals surface area (Å²) in [6.07, 6.45) is 15.7. The molecule has 0 amide bonds. The van der Waals surface area contributed by atoms with Gasteiger partial charge in [-0.3, -0.25) is 0 Å². The van der Waals surface area contributed by atoms with Gasteiger partial charge in [0, 0.05) is 19.7 Å². The summed E-state index contributed by atoms with van der Waals surface area (Å²) in [6, 6.07) is 0. The third-order valence-corrected chi connectivity index (χ3v) is 4.12. The summed E-state index contributed by atoms with van der Waals surface area (Å²) >= 11 is 0. The van der Waals surface area contributed by atoms with Gasteiger partial charge in [0.25, 0.3) is 0 Å². The van der Waals surface area contributed by atoms with Crippen molar-refractivity contribution in [2.75, 3.05) is 32.9 Å². The number of aliphatic hydroxyl groups is 2. The largest absolute Gasteiger partial charge is 0.395 e. The maximum Gasteiger partial charge on any atom is 0.0897 e. The van der Waals surface area contributed by atoms with Crippen molar-refractivity contribution in [2.45, 2.75) is 90.1 Å². The van der Waals surface area contributed by atoms with Crippen LogP contribution in [0.15, 0.2) is 0 Å². The topological polar surface area (TPSA) is 61.7 Å². The van der Waals surface area contributed by atoms with E-state index < -0.39 is 6.10 Å². The molecule has 3 N–H and O–H groups in total. The third-order valence-electron chi connectivity index (χ3n) is 4.12. The van der Waals surface area contributed by atoms with Gasteiger partial charge in [0.2, 0.25) is 0 Å². The molecule has 0 fully saturated rings. The van der Waals surface area contributed by atoms with Crippen LogP contribution in [-0.4, -0.2) is 49.2 Å². The Balaban J connectivity index is 3.05. The van der Waals surface area contributed by atoms with Crippen molar-refractivity contribution in [3.05, 3.63) is 0 Å². The fraction of sp³-hybridized carbons (Fsp3) is 1.00. The number of unbranched alkanes of at least 4 members (excludes halogenated alkanes) is 11. The van der Waals surface area contributed by atoms with Crippen molar-refractivity contribution in [3.8, 4) is 0 Å². The highest BCUT2D eigenvalue weighted by atomic mass is 16.5. The van der Waals surface area contributed by atoms with Gasteiger partial charge in [0.05, 0.1) is 19.3 Å². The summed E-state index contributed by atoms with van der Waals surface area (Å²) in [6.45, 7) is 4.51. The average Bonchev–Trinajstić information content (AvgIpc) is 2.55. The second-order valence-corrected chi connectivity index (χ2v) is 6.55. The normalized spacial score (nSPS) is 12.7. The standard InChI is InChI=1S/C19H41NO3/c1-2-3-4-5-6-7-8-9-10-11-12-13-16-23-18-19(22)17-20-14-15-21/h19-22H,2-18H2,1H3. The van der Waals surface area contributed by atoms with E-state index in [0.29, 0.717) is 19.7 Å². The molecule has 4 heteroatoms. The molecule has 4 nitrogen and oxygen atoms in total. The van der Waals surface area contributed by atoms with Crippen molar-refractivity contribution in [2.24, 2.45) is 0 Å². The van der Waals surface area contributed by atoms with Crippen LogP contribution >= 0.6 is 0 Å². The van der Waals surface area contributed by atoms with Crippen molar-refractivity contribution < 1.29 is 14.9 Å². The highest BCUT2D eigenvalue weighted by molar-refractivity contribution is 4.57. The number of hydrogen-bond acceptors (Lipinski definition) is 4. The Morgan fingerprint density at radius 1 is 0.826 bits per heavy atom. The summed E-state index contributed by atoms with van der Waals surface area (Å²) in [5.74, 6) is 0. The molecular formula is C19H41NO3. The molecule has 0 aromatic carbocycles. The maximum absolute atomic E-state index is 9.60. The van der Waals surface area contributed by atoms with Crippen LogP contribution in [0.25, 0.3) is 0 Å². The Morgan fingerprint density at radius 2 is 1.35 bits per heavy atom. The summed E-state index contributed by atoms with van der Waals surface area (Å²) < 4.78 is 5.47. The number of aliphatic hydroxyl groups excluding tert-OH is 2. The first-order valence-electron chi connectivity index (χ1n) is 9.88. The SMILES string of the molecule is CCCCCCCCCCCCCCOCC(O)CNCCO. The number of hydrogen-bond donors (Lipinski definition) is 3. The van der Waals surface area contributed by atoms with Crippen LogP contribution in [0.2, 0.25) is 0 Å². The first-order chi connectivity index (χ1) is 11.3. The zero-order valence-electron chi connectivity index (χ0n) is 15.4. The van der Waals surface area contributed by atoms with Gasteiger partial charge >= 0.3 is 0 Å². The minimum atomic E-state index is -0.473. The molecule has 0 aromatic rings. The van der Waals surface area contributed by atoms with Crippen LogP contribution in [0.3, 0.4) is 0 Å². The van der Waals surface area contributed by atoms with E-state index in [-0.39, 0.29) is 6.61 Å². The Kier molecular flexibility index (Phi) is 19.7. The zero-order valence-corrected chi connectivity index (χ0v) is 15.4. The Hall–Kier alpha value is -0.160. The lowest BCUT2D eigenvalue weighted by molar-refractivity contribution is 0.0350. The average molecular weight is 332 g/mol. The first-order valence-corrected chi connectivity index (χ1v) is 9.88. The van der Waals surface area contributed by atoms with Gasteiger partial charge in [-0.25, -0.2) is 0 Å². The number of ether oxygens (including phenoxy) is 1. The zero-order chi connectivity index (χ0) is 17.0. The molecule has 0 saturated heterocycles. The summed E-state index contributed by atoms with van der Waals surface area (Å²) in [7, 11) is 0. The molecule has 0 bridgehead atoms. The fourth-order valence-electron chi connectivity index (χ4n) is 2.67. The van der Waals surface area contributed by atoms with Crippen LogP contribution in [0.5, 0.6) is 0 Å². The molecule has 0 aliphatic heterocycles. The Bertz CT molecular complexity index is 215. The molecule has 0 radical (unpaired) electrons. The molecule has 0 aliphatic rings. The molecule has 0 saturated carbocycles. The number of rotatable bonds is 19. The maximum atomic E-state index is 9.60. The smallest absolute Gasteiger partial charge is 0.0897 e. The van der Waals surface area contributed by atoms with E-state index in [1.807, 2.05) is 0 Å². The van der Waals surface area contributed by atoms with Crippen LogP contribution in [0, 0.1) is 0 Å². The minimum Gasteiger partial charge on any atom is -0.395 e. The van der Waals surface area contributed by atoms with E-state index in [4.69, 9.17) is 9.84 Å². The van der Waals surface area contributed by atoms with Gasteiger partial charge in [-0.05, 0) is 6.42 Å². The van der Waals surface area contributed by atoms with Crippen LogP contribution < -0.4 is 5.32 Å². The molecule has 0 aliphatic carbocycles. The second kappa shape index (κ2) is 19.9. The van der Waals surface area contributed by atoms with E-state index in [1.54, 1.807) is 0 Å². The van der Waals surface area contributed by atoms with Crippen LogP contribution in [0.4, 0.5) is 0 Å². The second-order valence-electron chi connectivity index (χ2n) is 6.55. The van der Waals surface area contributed by atoms with E-state index >= 15 is 0 Å². The predicted molar refractivity (Wildman–Crippen MR) is 97.9 cm³/mol. The van der Waals surface area contributed by atoms with Gasteiger partial charge in [-0.15, -0.1) is 0 Å². The van der Waals surface area contributed by atoms with E-state index in [1.165, 1.54) is 70.6 Å². The molecular weight excluding hydrogens is 290 g/mol. The van der Waals surface area contributed by atoms with E-state index in [2.05, 4.69) is 12.2 Å². The third kappa shape index (κ3) is 19.8. The highest BCUT2D eigenvalue weighted by Gasteiger charge is 2.02. The molecule has 0 spiro atoms. The Morgan fingerprint density at radius 3 is 1.87 bits per heavy atom. The van der Waals surface area contributed by atoms with Crippen LogP contribution in [-0.2, 0) is 4.74 Å². The summed E-state index contributed by atoms with van der Waals surface area (Å²) in [5, 5.41) is 21.2. The van der Waals surface area contributed by atoms with E-state index in [0.717, 1.165) is 13.0 Å². The lowest BCUT2D eigenvalue weighted by Crippen LogP contribution is -2.32. The quantitative estimate of drug-likeness (QED) is 0.316. The van der Waals surface area contributed by atoms with E-state index in [9.17, 15) is 5.11 Å². The van der Waals surface area contributed by atoms with Crippen molar-refractivity contribution in [1.29, 1.82) is 0 Å².